The highest BCUT2D eigenvalue weighted by Crippen LogP contribution is 2.29. The number of rotatable bonds is 7. The maximum absolute atomic E-state index is 13.1. The molecule has 9 nitrogen and oxygen atoms in total. The van der Waals surface area contributed by atoms with Crippen molar-refractivity contribution in [2.45, 2.75) is 32.4 Å². The molecule has 0 aliphatic carbocycles. The molecule has 2 aliphatic heterocycles. The average Bonchev–Trinajstić information content (AvgIpc) is 3.36. The fourth-order valence-corrected chi connectivity index (χ4v) is 4.24. The summed E-state index contributed by atoms with van der Waals surface area (Å²) in [4.78, 5) is 33.8. The Kier molecular flexibility index (Phi) is 7.41. The zero-order valence-electron chi connectivity index (χ0n) is 19.1. The number of amides is 2. The molecule has 33 heavy (non-hydrogen) atoms. The van der Waals surface area contributed by atoms with Crippen LogP contribution in [0.2, 0.25) is 0 Å². The second kappa shape index (κ2) is 10.6. The van der Waals surface area contributed by atoms with E-state index in [1.165, 1.54) is 0 Å². The monoisotopic (exact) mass is 453 g/mol. The third-order valence-corrected chi connectivity index (χ3v) is 5.96. The second-order valence-corrected chi connectivity index (χ2v) is 8.06. The van der Waals surface area contributed by atoms with E-state index in [9.17, 15) is 9.59 Å². The molecule has 4 rings (SSSR count). The molecule has 2 unspecified atom stereocenters. The van der Waals surface area contributed by atoms with E-state index in [1.807, 2.05) is 37.1 Å². The Balaban J connectivity index is 1.32. The van der Waals surface area contributed by atoms with Gasteiger partial charge in [0, 0.05) is 50.2 Å². The number of nitrogens with zero attached hydrogens (tertiary/aromatic N) is 3. The lowest BCUT2D eigenvalue weighted by Crippen LogP contribution is -2.54. The molecule has 9 heteroatoms. The van der Waals surface area contributed by atoms with Crippen molar-refractivity contribution in [1.82, 2.24) is 25.6 Å². The van der Waals surface area contributed by atoms with Crippen molar-refractivity contribution >= 4 is 11.8 Å². The van der Waals surface area contributed by atoms with Gasteiger partial charge in [0.2, 0.25) is 5.91 Å². The summed E-state index contributed by atoms with van der Waals surface area (Å²) in [6.07, 6.45) is 4.21. The van der Waals surface area contributed by atoms with Crippen molar-refractivity contribution in [2.24, 2.45) is 0 Å². The van der Waals surface area contributed by atoms with Crippen LogP contribution in [0.3, 0.4) is 0 Å². The Morgan fingerprint density at radius 2 is 1.73 bits per heavy atom. The molecule has 0 saturated carbocycles. The fraction of sp³-hybridized carbons (Fsp3) is 0.458. The van der Waals surface area contributed by atoms with E-state index in [0.717, 1.165) is 5.56 Å². The summed E-state index contributed by atoms with van der Waals surface area (Å²) in [6, 6.07) is 8.93. The molecule has 0 bridgehead atoms. The van der Waals surface area contributed by atoms with Gasteiger partial charge in [-0.1, -0.05) is 6.07 Å². The number of benzene rings is 1. The van der Waals surface area contributed by atoms with E-state index >= 15 is 0 Å². The minimum absolute atomic E-state index is 0.0507. The van der Waals surface area contributed by atoms with Crippen LogP contribution in [0.1, 0.15) is 42.2 Å². The molecule has 2 aliphatic rings. The zero-order valence-corrected chi connectivity index (χ0v) is 19.1. The fourth-order valence-electron chi connectivity index (χ4n) is 4.24. The lowest BCUT2D eigenvalue weighted by atomic mass is 10.0. The van der Waals surface area contributed by atoms with Crippen molar-refractivity contribution in [1.29, 1.82) is 0 Å². The first-order valence-electron chi connectivity index (χ1n) is 11.5. The Morgan fingerprint density at radius 3 is 2.42 bits per heavy atom. The molecule has 2 aromatic rings. The molecular weight excluding hydrogens is 422 g/mol. The van der Waals surface area contributed by atoms with Gasteiger partial charge in [-0.05, 0) is 50.1 Å². The first kappa shape index (κ1) is 23.0. The number of carbonyl (C=O) groups excluding carboxylic acids is 2. The van der Waals surface area contributed by atoms with Crippen molar-refractivity contribution in [2.75, 3.05) is 39.4 Å². The summed E-state index contributed by atoms with van der Waals surface area (Å²) in [5.41, 5.74) is 7.93. The highest BCUT2D eigenvalue weighted by Gasteiger charge is 2.34. The first-order chi connectivity index (χ1) is 16.1. The molecule has 2 fully saturated rings. The molecular formula is C24H31N5O4. The van der Waals surface area contributed by atoms with Gasteiger partial charge in [-0.3, -0.25) is 14.6 Å². The molecule has 0 spiro atoms. The minimum Gasteiger partial charge on any atom is -0.490 e. The number of pyridine rings is 1. The van der Waals surface area contributed by atoms with E-state index in [2.05, 4.69) is 15.8 Å². The highest BCUT2D eigenvalue weighted by molar-refractivity contribution is 5.95. The Morgan fingerprint density at radius 1 is 1.00 bits per heavy atom. The molecule has 1 aromatic heterocycles. The first-order valence-corrected chi connectivity index (χ1v) is 11.5. The Labute approximate surface area is 194 Å². The van der Waals surface area contributed by atoms with Crippen molar-refractivity contribution in [3.63, 3.8) is 0 Å². The van der Waals surface area contributed by atoms with E-state index < -0.39 is 0 Å². The van der Waals surface area contributed by atoms with Crippen LogP contribution >= 0.6 is 0 Å². The highest BCUT2D eigenvalue weighted by atomic mass is 16.5. The molecule has 2 amide bonds. The number of hydrogen-bond donors (Lipinski definition) is 2. The van der Waals surface area contributed by atoms with Gasteiger partial charge < -0.3 is 19.3 Å². The quantitative estimate of drug-likeness (QED) is 0.660. The number of nitrogens with one attached hydrogen (secondary N) is 2. The van der Waals surface area contributed by atoms with Crippen LogP contribution in [-0.2, 0) is 4.79 Å². The normalized spacial score (nSPS) is 20.5. The topological polar surface area (TPSA) is 96.0 Å². The molecule has 2 N–H and O–H groups in total. The molecule has 1 aromatic carbocycles. The number of piperazine rings is 1. The molecule has 0 radical (unpaired) electrons. The third kappa shape index (κ3) is 5.26. The number of hydrazine groups is 1. The molecule has 176 valence electrons. The van der Waals surface area contributed by atoms with E-state index in [-0.39, 0.29) is 23.9 Å². The van der Waals surface area contributed by atoms with Gasteiger partial charge in [0.05, 0.1) is 13.2 Å². The van der Waals surface area contributed by atoms with Crippen molar-refractivity contribution in [3.8, 4) is 11.5 Å². The lowest BCUT2D eigenvalue weighted by molar-refractivity contribution is -0.134. The van der Waals surface area contributed by atoms with Gasteiger partial charge in [-0.2, -0.15) is 0 Å². The second-order valence-electron chi connectivity index (χ2n) is 8.06. The third-order valence-electron chi connectivity index (χ3n) is 5.96. The van der Waals surface area contributed by atoms with Crippen LogP contribution in [0.4, 0.5) is 0 Å². The summed E-state index contributed by atoms with van der Waals surface area (Å²) in [6.45, 7) is 6.83. The summed E-state index contributed by atoms with van der Waals surface area (Å²) >= 11 is 0. The Hall–Kier alpha value is -3.17. The maximum atomic E-state index is 13.1. The van der Waals surface area contributed by atoms with Gasteiger partial charge in [-0.15, -0.1) is 0 Å². The lowest BCUT2D eigenvalue weighted by Gasteiger charge is -2.36. The smallest absolute Gasteiger partial charge is 0.254 e. The number of hydrogen-bond acceptors (Lipinski definition) is 7. The summed E-state index contributed by atoms with van der Waals surface area (Å²) < 4.78 is 11.2. The molecule has 3 heterocycles. The van der Waals surface area contributed by atoms with Crippen LogP contribution in [0.15, 0.2) is 42.7 Å². The van der Waals surface area contributed by atoms with Crippen LogP contribution in [0, 0.1) is 0 Å². The minimum atomic E-state index is -0.294. The number of aromatic nitrogens is 1. The predicted octanol–water partition coefficient (Wildman–Crippen LogP) is 1.77. The van der Waals surface area contributed by atoms with Crippen LogP contribution < -0.4 is 20.3 Å². The summed E-state index contributed by atoms with van der Waals surface area (Å²) in [5.74, 6) is 1.19. The van der Waals surface area contributed by atoms with Gasteiger partial charge >= 0.3 is 0 Å². The van der Waals surface area contributed by atoms with Crippen LogP contribution in [0.25, 0.3) is 0 Å². The van der Waals surface area contributed by atoms with Gasteiger partial charge in [0.1, 0.15) is 6.04 Å². The van der Waals surface area contributed by atoms with Crippen LogP contribution in [0.5, 0.6) is 11.5 Å². The largest absolute Gasteiger partial charge is 0.490 e. The van der Waals surface area contributed by atoms with Crippen LogP contribution in [-0.4, -0.2) is 72.0 Å². The molecule has 2 atom stereocenters. The van der Waals surface area contributed by atoms with Gasteiger partial charge in [-0.25, -0.2) is 10.9 Å². The standard InChI is InChI=1S/C24H31N5O4/c1-3-32-21-8-7-17(14-22(21)33-4-2)23(30)28-10-12-29(13-11-28)24(31)20-15-19(26-27-20)18-6-5-9-25-16-18/h5-9,14,16,19-20,26-27H,3-4,10-13,15H2,1-2H3. The zero-order chi connectivity index (χ0) is 23.2. The number of ether oxygens (including phenoxy) is 2. The van der Waals surface area contributed by atoms with E-state index in [1.54, 1.807) is 29.3 Å². The Bertz CT molecular complexity index is 963. The average molecular weight is 454 g/mol. The van der Waals surface area contributed by atoms with Gasteiger partial charge in [0.25, 0.3) is 5.91 Å². The maximum Gasteiger partial charge on any atom is 0.254 e. The number of carbonyl (C=O) groups is 2. The van der Waals surface area contributed by atoms with Gasteiger partial charge in [0.15, 0.2) is 11.5 Å². The van der Waals surface area contributed by atoms with E-state index in [0.29, 0.717) is 62.9 Å². The van der Waals surface area contributed by atoms with Crippen molar-refractivity contribution < 1.29 is 19.1 Å². The van der Waals surface area contributed by atoms with Crippen molar-refractivity contribution in [3.05, 3.63) is 53.9 Å². The molecule has 2 saturated heterocycles. The summed E-state index contributed by atoms with van der Waals surface area (Å²) in [5, 5.41) is 0. The SMILES string of the molecule is CCOc1ccc(C(=O)N2CCN(C(=O)C3CC(c4cccnc4)NN3)CC2)cc1OCC. The van der Waals surface area contributed by atoms with E-state index in [4.69, 9.17) is 9.47 Å². The summed E-state index contributed by atoms with van der Waals surface area (Å²) in [7, 11) is 0. The predicted molar refractivity (Wildman–Crippen MR) is 123 cm³/mol.